The molecule has 0 bridgehead atoms. The summed E-state index contributed by atoms with van der Waals surface area (Å²) in [5, 5.41) is 0. The molecule has 1 heterocycles. The van der Waals surface area contributed by atoms with Crippen molar-refractivity contribution >= 4 is 26.0 Å². The van der Waals surface area contributed by atoms with Gasteiger partial charge in [-0.1, -0.05) is 22.9 Å². The molecule has 1 aromatic carbocycles. The number of hydrogen-bond donors (Lipinski definition) is 0. The van der Waals surface area contributed by atoms with Crippen LogP contribution >= 0.6 is 15.9 Å². The van der Waals surface area contributed by atoms with Crippen LogP contribution in [0.15, 0.2) is 22.7 Å². The minimum atomic E-state index is -3.51. The summed E-state index contributed by atoms with van der Waals surface area (Å²) in [5.41, 5.74) is -0.449. The smallest absolute Gasteiger partial charge is 0.268 e. The van der Waals surface area contributed by atoms with Gasteiger partial charge in [0.15, 0.2) is 0 Å². The van der Waals surface area contributed by atoms with Crippen LogP contribution in [-0.4, -0.2) is 20.8 Å². The van der Waals surface area contributed by atoms with Gasteiger partial charge in [0.05, 0.1) is 12.4 Å². The molecule has 0 aliphatic carbocycles. The quantitative estimate of drug-likeness (QED) is 0.747. The van der Waals surface area contributed by atoms with E-state index in [1.807, 2.05) is 0 Å². The Bertz CT molecular complexity index is 529. The number of benzene rings is 1. The molecule has 0 spiro atoms. The van der Waals surface area contributed by atoms with E-state index >= 15 is 0 Å². The normalized spacial score (nSPS) is 28.2. The largest absolute Gasteiger partial charge is 0.269 e. The molecule has 1 atom stereocenters. The average molecular weight is 309 g/mol. The molecule has 1 saturated heterocycles. The Balaban J connectivity index is 2.49. The van der Waals surface area contributed by atoms with Gasteiger partial charge in [-0.2, -0.15) is 8.42 Å². The topological polar surface area (TPSA) is 43.4 Å². The summed E-state index contributed by atoms with van der Waals surface area (Å²) in [6.45, 7) is 1.67. The Labute approximate surface area is 102 Å². The highest BCUT2D eigenvalue weighted by Crippen LogP contribution is 2.35. The Morgan fingerprint density at radius 1 is 1.50 bits per heavy atom. The third kappa shape index (κ3) is 2.14. The third-order valence-corrected chi connectivity index (χ3v) is 4.59. The summed E-state index contributed by atoms with van der Waals surface area (Å²) in [4.78, 5) is 0. The molecule has 2 rings (SSSR count). The summed E-state index contributed by atoms with van der Waals surface area (Å²) in [5.74, 6) is -0.598. The van der Waals surface area contributed by atoms with E-state index in [0.717, 1.165) is 4.47 Å². The second-order valence-electron chi connectivity index (χ2n) is 4.15. The predicted molar refractivity (Wildman–Crippen MR) is 61.2 cm³/mol. The van der Waals surface area contributed by atoms with Crippen molar-refractivity contribution in [2.75, 3.05) is 12.4 Å². The van der Waals surface area contributed by atoms with Crippen molar-refractivity contribution in [1.82, 2.24) is 0 Å². The van der Waals surface area contributed by atoms with E-state index in [1.54, 1.807) is 19.1 Å². The van der Waals surface area contributed by atoms with E-state index in [4.69, 9.17) is 4.18 Å². The Morgan fingerprint density at radius 3 is 2.75 bits per heavy atom. The lowest BCUT2D eigenvalue weighted by Crippen LogP contribution is -2.27. The van der Waals surface area contributed by atoms with E-state index in [1.165, 1.54) is 6.07 Å². The summed E-state index contributed by atoms with van der Waals surface area (Å²) in [7, 11) is -3.51. The van der Waals surface area contributed by atoms with Gasteiger partial charge in [-0.05, 0) is 23.8 Å². The first-order valence-corrected chi connectivity index (χ1v) is 7.02. The lowest BCUT2D eigenvalue weighted by Gasteiger charge is -2.21. The van der Waals surface area contributed by atoms with E-state index in [-0.39, 0.29) is 12.4 Å². The molecule has 6 heteroatoms. The van der Waals surface area contributed by atoms with Crippen LogP contribution in [0, 0.1) is 5.82 Å². The van der Waals surface area contributed by atoms with Gasteiger partial charge in [-0.3, -0.25) is 4.18 Å². The molecule has 1 aliphatic rings. The van der Waals surface area contributed by atoms with Gasteiger partial charge in [-0.15, -0.1) is 0 Å². The predicted octanol–water partition coefficient (Wildman–Crippen LogP) is 2.21. The lowest BCUT2D eigenvalue weighted by molar-refractivity contribution is 0.291. The van der Waals surface area contributed by atoms with Crippen molar-refractivity contribution in [3.63, 3.8) is 0 Å². The van der Waals surface area contributed by atoms with Crippen LogP contribution in [0.5, 0.6) is 0 Å². The van der Waals surface area contributed by atoms with Gasteiger partial charge < -0.3 is 0 Å². The van der Waals surface area contributed by atoms with Gasteiger partial charge >= 0.3 is 0 Å². The fourth-order valence-corrected chi connectivity index (χ4v) is 3.71. The second-order valence-corrected chi connectivity index (χ2v) is 6.70. The molecule has 0 N–H and O–H groups in total. The van der Waals surface area contributed by atoms with Crippen LogP contribution < -0.4 is 0 Å². The minimum absolute atomic E-state index is 0.0112. The van der Waals surface area contributed by atoms with Crippen LogP contribution in [0.2, 0.25) is 0 Å². The molecule has 1 aromatic rings. The lowest BCUT2D eigenvalue weighted by atomic mass is 9.85. The van der Waals surface area contributed by atoms with Crippen LogP contribution in [0.1, 0.15) is 12.5 Å². The molecule has 16 heavy (non-hydrogen) atoms. The molecular formula is C10H10BrFO3S. The first-order valence-electron chi connectivity index (χ1n) is 4.65. The summed E-state index contributed by atoms with van der Waals surface area (Å²) in [6, 6.07) is 4.49. The van der Waals surface area contributed by atoms with Crippen LogP contribution in [0.25, 0.3) is 0 Å². The first kappa shape index (κ1) is 12.0. The number of hydrogen-bond acceptors (Lipinski definition) is 3. The van der Waals surface area contributed by atoms with E-state index in [2.05, 4.69) is 15.9 Å². The zero-order valence-electron chi connectivity index (χ0n) is 8.54. The van der Waals surface area contributed by atoms with Gasteiger partial charge in [-0.25, -0.2) is 4.39 Å². The Hall–Kier alpha value is -0.460. The van der Waals surface area contributed by atoms with Crippen molar-refractivity contribution in [2.45, 2.75) is 12.3 Å². The summed E-state index contributed by atoms with van der Waals surface area (Å²) >= 11 is 3.24. The Kier molecular flexibility index (Phi) is 2.84. The molecule has 0 radical (unpaired) electrons. The molecular weight excluding hydrogens is 299 g/mol. The summed E-state index contributed by atoms with van der Waals surface area (Å²) < 4.78 is 41.6. The zero-order valence-corrected chi connectivity index (χ0v) is 10.9. The standard InChI is InChI=1S/C10H10BrFO3S/c1-10(5-15-16(13,14)6-10)8-4-7(11)2-3-9(8)12/h2-4H,5-6H2,1H3/t10-/m1/s1. The van der Waals surface area contributed by atoms with Crippen LogP contribution in [0.3, 0.4) is 0 Å². The molecule has 0 aromatic heterocycles. The fourth-order valence-electron chi connectivity index (χ4n) is 1.81. The zero-order chi connectivity index (χ0) is 12.0. The van der Waals surface area contributed by atoms with Gasteiger partial charge in [0.25, 0.3) is 10.1 Å². The highest BCUT2D eigenvalue weighted by atomic mass is 79.9. The fraction of sp³-hybridized carbons (Fsp3) is 0.400. The maximum Gasteiger partial charge on any atom is 0.268 e. The minimum Gasteiger partial charge on any atom is -0.269 e. The van der Waals surface area contributed by atoms with Gasteiger partial charge in [0, 0.05) is 9.89 Å². The Morgan fingerprint density at radius 2 is 2.19 bits per heavy atom. The number of halogens is 2. The van der Waals surface area contributed by atoms with Gasteiger partial charge in [0.2, 0.25) is 0 Å². The highest BCUT2D eigenvalue weighted by Gasteiger charge is 2.42. The van der Waals surface area contributed by atoms with Crippen LogP contribution in [0.4, 0.5) is 4.39 Å². The average Bonchev–Trinajstić information content (AvgIpc) is 2.46. The van der Waals surface area contributed by atoms with E-state index in [0.29, 0.717) is 5.56 Å². The van der Waals surface area contributed by atoms with E-state index < -0.39 is 21.4 Å². The monoisotopic (exact) mass is 308 g/mol. The van der Waals surface area contributed by atoms with Crippen molar-refractivity contribution in [1.29, 1.82) is 0 Å². The van der Waals surface area contributed by atoms with Crippen molar-refractivity contribution in [3.05, 3.63) is 34.1 Å². The molecule has 0 saturated carbocycles. The van der Waals surface area contributed by atoms with Crippen molar-refractivity contribution in [3.8, 4) is 0 Å². The van der Waals surface area contributed by atoms with E-state index in [9.17, 15) is 12.8 Å². The first-order chi connectivity index (χ1) is 7.32. The van der Waals surface area contributed by atoms with Crippen molar-refractivity contribution < 1.29 is 17.0 Å². The molecule has 1 aliphatic heterocycles. The maximum atomic E-state index is 13.6. The number of rotatable bonds is 1. The molecule has 0 unspecified atom stereocenters. The molecule has 0 amide bonds. The SMILES string of the molecule is C[C@@]1(c2cc(Br)ccc2F)COS(=O)(=O)C1. The molecule has 88 valence electrons. The van der Waals surface area contributed by atoms with Crippen molar-refractivity contribution in [2.24, 2.45) is 0 Å². The maximum absolute atomic E-state index is 13.6. The highest BCUT2D eigenvalue weighted by molar-refractivity contribution is 9.10. The second kappa shape index (κ2) is 3.78. The third-order valence-electron chi connectivity index (χ3n) is 2.63. The van der Waals surface area contributed by atoms with Gasteiger partial charge in [0.1, 0.15) is 5.82 Å². The summed E-state index contributed by atoms with van der Waals surface area (Å²) in [6.07, 6.45) is 0. The molecule has 3 nitrogen and oxygen atoms in total. The molecule has 1 fully saturated rings. The van der Waals surface area contributed by atoms with Crippen LogP contribution in [-0.2, 0) is 19.7 Å².